The number of rotatable bonds is 7. The molecular weight excluding hydrogens is 494 g/mol. The normalized spacial score (nSPS) is 19.2. The Labute approximate surface area is 232 Å². The van der Waals surface area contributed by atoms with E-state index in [-0.39, 0.29) is 17.9 Å². The van der Waals surface area contributed by atoms with Crippen molar-refractivity contribution in [2.24, 2.45) is 5.92 Å². The standard InChI is InChI=1S/C32H40ClN3O2/c1-24(37)35-22-16-27-10-13-30(23-31(27)35)36(32(38)14-9-26-7-11-28(33)12-8-26)29-17-20-34(21-18-29)19-15-25-5-3-2-4-6-25/h7-14,23,25,29H,2-6,15-22H2,1H3/b14-9-. The molecule has 5 rings (SSSR count). The lowest BCUT2D eigenvalue weighted by atomic mass is 9.87. The summed E-state index contributed by atoms with van der Waals surface area (Å²) in [5.41, 5.74) is 3.94. The van der Waals surface area contributed by atoms with Gasteiger partial charge in [-0.2, -0.15) is 0 Å². The summed E-state index contributed by atoms with van der Waals surface area (Å²) in [6, 6.07) is 13.8. The minimum atomic E-state index is -0.0204. The van der Waals surface area contributed by atoms with Crippen LogP contribution in [0.25, 0.3) is 6.08 Å². The Kier molecular flexibility index (Phi) is 8.86. The molecule has 2 aliphatic heterocycles. The summed E-state index contributed by atoms with van der Waals surface area (Å²) in [6.07, 6.45) is 14.6. The Morgan fingerprint density at radius 1 is 0.974 bits per heavy atom. The first-order chi connectivity index (χ1) is 18.5. The minimum Gasteiger partial charge on any atom is -0.312 e. The highest BCUT2D eigenvalue weighted by atomic mass is 35.5. The number of anilines is 2. The second kappa shape index (κ2) is 12.5. The second-order valence-corrected chi connectivity index (χ2v) is 11.6. The number of fused-ring (bicyclic) bond motifs is 1. The van der Waals surface area contributed by atoms with Crippen molar-refractivity contribution in [2.45, 2.75) is 70.8 Å². The molecule has 2 fully saturated rings. The summed E-state index contributed by atoms with van der Waals surface area (Å²) < 4.78 is 0. The van der Waals surface area contributed by atoms with Crippen molar-refractivity contribution in [3.05, 3.63) is 64.7 Å². The van der Waals surface area contributed by atoms with Gasteiger partial charge in [0.1, 0.15) is 0 Å². The molecule has 38 heavy (non-hydrogen) atoms. The van der Waals surface area contributed by atoms with Crippen LogP contribution in [-0.4, -0.2) is 48.9 Å². The largest absolute Gasteiger partial charge is 0.312 e. The predicted molar refractivity (Wildman–Crippen MR) is 157 cm³/mol. The zero-order valence-corrected chi connectivity index (χ0v) is 23.3. The first kappa shape index (κ1) is 27.0. The van der Waals surface area contributed by atoms with E-state index >= 15 is 0 Å². The van der Waals surface area contributed by atoms with Gasteiger partial charge in [0.2, 0.25) is 5.91 Å². The summed E-state index contributed by atoms with van der Waals surface area (Å²) in [6.45, 7) is 5.54. The van der Waals surface area contributed by atoms with Crippen LogP contribution >= 0.6 is 11.6 Å². The lowest BCUT2D eigenvalue weighted by molar-refractivity contribution is -0.116. The van der Waals surface area contributed by atoms with Crippen molar-refractivity contribution < 1.29 is 9.59 Å². The van der Waals surface area contributed by atoms with Crippen LogP contribution in [0.15, 0.2) is 48.5 Å². The number of benzene rings is 2. The Hall–Kier alpha value is -2.63. The summed E-state index contributed by atoms with van der Waals surface area (Å²) in [5, 5.41) is 0.679. The quantitative estimate of drug-likeness (QED) is 0.371. The molecule has 2 heterocycles. The molecule has 0 unspecified atom stereocenters. The van der Waals surface area contributed by atoms with Crippen molar-refractivity contribution in [2.75, 3.05) is 36.0 Å². The minimum absolute atomic E-state index is 0.0204. The summed E-state index contributed by atoms with van der Waals surface area (Å²) >= 11 is 6.03. The second-order valence-electron chi connectivity index (χ2n) is 11.2. The van der Waals surface area contributed by atoms with E-state index in [1.165, 1.54) is 50.6 Å². The number of carbonyl (C=O) groups excluding carboxylic acids is 2. The van der Waals surface area contributed by atoms with Gasteiger partial charge in [-0.3, -0.25) is 9.59 Å². The molecule has 0 aromatic heterocycles. The van der Waals surface area contributed by atoms with E-state index in [0.717, 1.165) is 55.2 Å². The van der Waals surface area contributed by atoms with Crippen LogP contribution < -0.4 is 9.80 Å². The third-order valence-corrected chi connectivity index (χ3v) is 8.90. The highest BCUT2D eigenvalue weighted by molar-refractivity contribution is 6.30. The van der Waals surface area contributed by atoms with Crippen LogP contribution in [0.1, 0.15) is 69.4 Å². The maximum Gasteiger partial charge on any atom is 0.251 e. The zero-order valence-electron chi connectivity index (χ0n) is 22.6. The van der Waals surface area contributed by atoms with E-state index in [4.69, 9.17) is 11.6 Å². The lowest BCUT2D eigenvalue weighted by Crippen LogP contribution is -2.47. The number of hydrogen-bond acceptors (Lipinski definition) is 3. The molecule has 2 amide bonds. The smallest absolute Gasteiger partial charge is 0.251 e. The van der Waals surface area contributed by atoms with Crippen molar-refractivity contribution in [1.82, 2.24) is 4.90 Å². The molecule has 1 aliphatic carbocycles. The van der Waals surface area contributed by atoms with Crippen molar-refractivity contribution in [1.29, 1.82) is 0 Å². The van der Waals surface area contributed by atoms with Crippen LogP contribution in [-0.2, 0) is 16.0 Å². The fraction of sp³-hybridized carbons (Fsp3) is 0.500. The molecular formula is C32H40ClN3O2. The third-order valence-electron chi connectivity index (χ3n) is 8.65. The molecule has 2 aromatic rings. The van der Waals surface area contributed by atoms with Gasteiger partial charge in [-0.05, 0) is 79.6 Å². The van der Waals surface area contributed by atoms with Crippen molar-refractivity contribution in [3.8, 4) is 0 Å². The first-order valence-corrected chi connectivity index (χ1v) is 14.8. The average Bonchev–Trinajstić information content (AvgIpc) is 3.37. The van der Waals surface area contributed by atoms with E-state index < -0.39 is 0 Å². The van der Waals surface area contributed by atoms with Crippen LogP contribution in [0, 0.1) is 5.92 Å². The number of amides is 2. The predicted octanol–water partition coefficient (Wildman–Crippen LogP) is 6.73. The van der Waals surface area contributed by atoms with E-state index in [1.807, 2.05) is 46.2 Å². The fourth-order valence-corrected chi connectivity index (χ4v) is 6.55. The molecule has 1 saturated carbocycles. The molecule has 1 saturated heterocycles. The highest BCUT2D eigenvalue weighted by Gasteiger charge is 2.30. The number of hydrogen-bond donors (Lipinski definition) is 0. The van der Waals surface area contributed by atoms with E-state index in [2.05, 4.69) is 17.0 Å². The number of likely N-dealkylation sites (tertiary alicyclic amines) is 1. The van der Waals surface area contributed by atoms with Crippen LogP contribution in [0.2, 0.25) is 5.02 Å². The van der Waals surface area contributed by atoms with E-state index in [1.54, 1.807) is 13.0 Å². The molecule has 5 nitrogen and oxygen atoms in total. The Balaban J connectivity index is 1.32. The average molecular weight is 534 g/mol. The monoisotopic (exact) mass is 533 g/mol. The third kappa shape index (κ3) is 6.50. The molecule has 2 aromatic carbocycles. The summed E-state index contributed by atoms with van der Waals surface area (Å²) in [4.78, 5) is 32.4. The first-order valence-electron chi connectivity index (χ1n) is 14.4. The lowest BCUT2D eigenvalue weighted by Gasteiger charge is -2.39. The fourth-order valence-electron chi connectivity index (χ4n) is 6.43. The Bertz CT molecular complexity index is 1150. The number of carbonyl (C=O) groups is 2. The van der Waals surface area contributed by atoms with Gasteiger partial charge in [-0.25, -0.2) is 0 Å². The zero-order chi connectivity index (χ0) is 26.5. The Morgan fingerprint density at radius 2 is 1.71 bits per heavy atom. The van der Waals surface area contributed by atoms with Gasteiger partial charge in [0.25, 0.3) is 5.91 Å². The molecule has 0 atom stereocenters. The molecule has 0 bridgehead atoms. The van der Waals surface area contributed by atoms with Gasteiger partial charge in [0.15, 0.2) is 0 Å². The van der Waals surface area contributed by atoms with Gasteiger partial charge < -0.3 is 14.7 Å². The highest BCUT2D eigenvalue weighted by Crippen LogP contribution is 2.35. The van der Waals surface area contributed by atoms with Crippen LogP contribution in [0.3, 0.4) is 0 Å². The number of piperidine rings is 1. The molecule has 0 radical (unpaired) electrons. The molecule has 202 valence electrons. The maximum atomic E-state index is 13.7. The molecule has 6 heteroatoms. The van der Waals surface area contributed by atoms with Crippen molar-refractivity contribution >= 4 is 40.9 Å². The Morgan fingerprint density at radius 3 is 2.42 bits per heavy atom. The molecule has 0 spiro atoms. The van der Waals surface area contributed by atoms with Gasteiger partial charge in [0.05, 0.1) is 0 Å². The van der Waals surface area contributed by atoms with E-state index in [0.29, 0.717) is 11.6 Å². The van der Waals surface area contributed by atoms with Gasteiger partial charge in [0, 0.05) is 55.1 Å². The molecule has 3 aliphatic rings. The maximum absolute atomic E-state index is 13.7. The van der Waals surface area contributed by atoms with Gasteiger partial charge in [-0.15, -0.1) is 0 Å². The van der Waals surface area contributed by atoms with Crippen LogP contribution in [0.4, 0.5) is 11.4 Å². The SMILES string of the molecule is CC(=O)N1CCc2ccc(N(C(=O)/C=C\c3ccc(Cl)cc3)C3CCN(CCC4CCCCC4)CC3)cc21. The van der Waals surface area contributed by atoms with Crippen molar-refractivity contribution in [3.63, 3.8) is 0 Å². The number of halogens is 1. The molecule has 0 N–H and O–H groups in total. The number of nitrogens with zero attached hydrogens (tertiary/aromatic N) is 3. The van der Waals surface area contributed by atoms with Crippen LogP contribution in [0.5, 0.6) is 0 Å². The summed E-state index contributed by atoms with van der Waals surface area (Å²) in [7, 11) is 0. The van der Waals surface area contributed by atoms with Gasteiger partial charge >= 0.3 is 0 Å². The topological polar surface area (TPSA) is 43.9 Å². The van der Waals surface area contributed by atoms with E-state index in [9.17, 15) is 9.59 Å². The van der Waals surface area contributed by atoms with Gasteiger partial charge in [-0.1, -0.05) is 61.9 Å². The summed E-state index contributed by atoms with van der Waals surface area (Å²) in [5.74, 6) is 0.925.